The third-order valence-electron chi connectivity index (χ3n) is 6.49. The van der Waals surface area contributed by atoms with Gasteiger partial charge in [-0.1, -0.05) is 69.3 Å². The van der Waals surface area contributed by atoms with E-state index in [0.717, 1.165) is 22.3 Å². The van der Waals surface area contributed by atoms with Gasteiger partial charge in [-0.25, -0.2) is 4.79 Å². The predicted octanol–water partition coefficient (Wildman–Crippen LogP) is 4.26. The van der Waals surface area contributed by atoms with E-state index < -0.39 is 30.4 Å². The maximum absolute atomic E-state index is 13.0. The van der Waals surface area contributed by atoms with Crippen LogP contribution in [0, 0.1) is 5.41 Å². The van der Waals surface area contributed by atoms with Crippen LogP contribution in [-0.4, -0.2) is 53.7 Å². The van der Waals surface area contributed by atoms with Crippen LogP contribution in [0.1, 0.15) is 51.2 Å². The molecule has 0 radical (unpaired) electrons. The topological polar surface area (TPSA) is 95.9 Å². The first-order valence-electron chi connectivity index (χ1n) is 11.1. The number of alkyl carbamates (subject to hydrolysis) is 1. The van der Waals surface area contributed by atoms with Crippen LogP contribution in [0.25, 0.3) is 11.1 Å². The molecule has 0 spiro atoms. The SMILES string of the molecule is CC(N(C)C(=O)C(CC(=O)O)NC(=O)OCC1c2ccccc2-c2ccccc21)C(C)(C)C. The molecule has 0 aromatic heterocycles. The standard InChI is InChI=1S/C26H32N2O5/c1-16(26(2,3)4)28(5)24(31)22(14-23(29)30)27-25(32)33-15-21-19-12-8-6-10-17(19)18-11-7-9-13-20(18)21/h6-13,16,21-22H,14-15H2,1-5H3,(H,27,32)(H,29,30). The second-order valence-electron chi connectivity index (χ2n) is 9.61. The number of nitrogens with zero attached hydrogens (tertiary/aromatic N) is 1. The first kappa shape index (κ1) is 24.3. The van der Waals surface area contributed by atoms with Gasteiger partial charge in [-0.2, -0.15) is 0 Å². The van der Waals surface area contributed by atoms with Gasteiger partial charge in [0.05, 0.1) is 6.42 Å². The molecule has 0 bridgehead atoms. The number of fused-ring (bicyclic) bond motifs is 3. The minimum atomic E-state index is -1.21. The Hall–Kier alpha value is -3.35. The number of amides is 2. The van der Waals surface area contributed by atoms with Gasteiger partial charge in [0.25, 0.3) is 0 Å². The van der Waals surface area contributed by atoms with Crippen molar-refractivity contribution in [1.82, 2.24) is 10.2 Å². The summed E-state index contributed by atoms with van der Waals surface area (Å²) in [6, 6.07) is 14.6. The van der Waals surface area contributed by atoms with Gasteiger partial charge in [0.2, 0.25) is 5.91 Å². The molecule has 2 amide bonds. The Labute approximate surface area is 194 Å². The highest BCUT2D eigenvalue weighted by Gasteiger charge is 2.34. The van der Waals surface area contributed by atoms with Crippen LogP contribution in [0.3, 0.4) is 0 Å². The second kappa shape index (κ2) is 9.65. The van der Waals surface area contributed by atoms with Gasteiger partial charge >= 0.3 is 12.1 Å². The fourth-order valence-electron chi connectivity index (χ4n) is 4.17. The van der Waals surface area contributed by atoms with Crippen molar-refractivity contribution < 1.29 is 24.2 Å². The van der Waals surface area contributed by atoms with Gasteiger partial charge in [-0.3, -0.25) is 9.59 Å². The Morgan fingerprint density at radius 1 is 1.03 bits per heavy atom. The first-order valence-corrected chi connectivity index (χ1v) is 11.1. The number of benzene rings is 2. The van der Waals surface area contributed by atoms with Gasteiger partial charge in [0.1, 0.15) is 12.6 Å². The molecule has 1 aliphatic carbocycles. The fraction of sp³-hybridized carbons (Fsp3) is 0.423. The largest absolute Gasteiger partial charge is 0.481 e. The Kier molecular flexibility index (Phi) is 7.10. The maximum atomic E-state index is 13.0. The normalized spacial score (nSPS) is 14.6. The summed E-state index contributed by atoms with van der Waals surface area (Å²) in [6.07, 6.45) is -1.34. The molecule has 2 N–H and O–H groups in total. The monoisotopic (exact) mass is 452 g/mol. The molecular weight excluding hydrogens is 420 g/mol. The number of carbonyl (C=O) groups is 3. The molecule has 0 fully saturated rings. The summed E-state index contributed by atoms with van der Waals surface area (Å²) in [4.78, 5) is 38.4. The summed E-state index contributed by atoms with van der Waals surface area (Å²) >= 11 is 0. The first-order chi connectivity index (χ1) is 15.5. The molecule has 2 atom stereocenters. The summed E-state index contributed by atoms with van der Waals surface area (Å²) in [5, 5.41) is 11.8. The number of nitrogens with one attached hydrogen (secondary N) is 1. The molecule has 0 aliphatic heterocycles. The van der Waals surface area contributed by atoms with Gasteiger partial charge < -0.3 is 20.1 Å². The molecule has 3 rings (SSSR count). The van der Waals surface area contributed by atoms with Crippen molar-refractivity contribution in [2.24, 2.45) is 5.41 Å². The van der Waals surface area contributed by atoms with Crippen LogP contribution in [0.4, 0.5) is 4.79 Å². The Bertz CT molecular complexity index is 997. The van der Waals surface area contributed by atoms with E-state index in [1.165, 1.54) is 4.90 Å². The van der Waals surface area contributed by atoms with Gasteiger partial charge in [-0.15, -0.1) is 0 Å². The number of carbonyl (C=O) groups excluding carboxylic acids is 2. The Morgan fingerprint density at radius 2 is 1.55 bits per heavy atom. The van der Waals surface area contributed by atoms with Crippen LogP contribution in [0.15, 0.2) is 48.5 Å². The number of ether oxygens (including phenoxy) is 1. The van der Waals surface area contributed by atoms with E-state index in [-0.39, 0.29) is 24.0 Å². The number of likely N-dealkylation sites (N-methyl/N-ethyl adjacent to an activating group) is 1. The predicted molar refractivity (Wildman–Crippen MR) is 126 cm³/mol. The van der Waals surface area contributed by atoms with Crippen molar-refractivity contribution in [3.8, 4) is 11.1 Å². The minimum absolute atomic E-state index is 0.0854. The van der Waals surface area contributed by atoms with Crippen molar-refractivity contribution in [3.63, 3.8) is 0 Å². The van der Waals surface area contributed by atoms with Crippen molar-refractivity contribution in [2.45, 2.75) is 52.1 Å². The lowest BCUT2D eigenvalue weighted by Crippen LogP contribution is -2.53. The van der Waals surface area contributed by atoms with Gasteiger partial charge in [0, 0.05) is 19.0 Å². The van der Waals surface area contributed by atoms with E-state index >= 15 is 0 Å². The van der Waals surface area contributed by atoms with Crippen molar-refractivity contribution in [1.29, 1.82) is 0 Å². The zero-order valence-electron chi connectivity index (χ0n) is 19.8. The summed E-state index contributed by atoms with van der Waals surface area (Å²) in [6.45, 7) is 7.96. The molecule has 7 heteroatoms. The smallest absolute Gasteiger partial charge is 0.407 e. The molecule has 0 heterocycles. The second-order valence-corrected chi connectivity index (χ2v) is 9.61. The summed E-state index contributed by atoms with van der Waals surface area (Å²) in [5.74, 6) is -1.77. The molecule has 0 saturated heterocycles. The van der Waals surface area contributed by atoms with Crippen LogP contribution in [-0.2, 0) is 14.3 Å². The highest BCUT2D eigenvalue weighted by molar-refractivity contribution is 5.89. The quantitative estimate of drug-likeness (QED) is 0.654. The van der Waals surface area contributed by atoms with E-state index in [2.05, 4.69) is 5.32 Å². The molecular formula is C26H32N2O5. The highest BCUT2D eigenvalue weighted by atomic mass is 16.5. The maximum Gasteiger partial charge on any atom is 0.407 e. The third-order valence-corrected chi connectivity index (χ3v) is 6.49. The number of carboxylic acid groups (broad SMARTS) is 1. The van der Waals surface area contributed by atoms with Crippen LogP contribution in [0.2, 0.25) is 0 Å². The van der Waals surface area contributed by atoms with Crippen LogP contribution >= 0.6 is 0 Å². The van der Waals surface area contributed by atoms with Gasteiger partial charge in [0.15, 0.2) is 0 Å². The third kappa shape index (κ3) is 5.35. The van der Waals surface area contributed by atoms with E-state index in [1.54, 1.807) is 7.05 Å². The zero-order chi connectivity index (χ0) is 24.3. The molecule has 176 valence electrons. The lowest BCUT2D eigenvalue weighted by atomic mass is 9.87. The Morgan fingerprint density at radius 3 is 2.03 bits per heavy atom. The van der Waals surface area contributed by atoms with Crippen molar-refractivity contribution >= 4 is 18.0 Å². The molecule has 33 heavy (non-hydrogen) atoms. The molecule has 7 nitrogen and oxygen atoms in total. The summed E-state index contributed by atoms with van der Waals surface area (Å²) in [7, 11) is 1.62. The van der Waals surface area contributed by atoms with E-state index in [0.29, 0.717) is 0 Å². The van der Waals surface area contributed by atoms with E-state index in [9.17, 15) is 19.5 Å². The zero-order valence-corrected chi connectivity index (χ0v) is 19.8. The average molecular weight is 453 g/mol. The molecule has 0 saturated carbocycles. The van der Waals surface area contributed by atoms with Crippen molar-refractivity contribution in [2.75, 3.05) is 13.7 Å². The number of hydrogen-bond donors (Lipinski definition) is 2. The average Bonchev–Trinajstić information content (AvgIpc) is 3.08. The van der Waals surface area contributed by atoms with E-state index in [4.69, 9.17) is 4.74 Å². The number of aliphatic carboxylic acids is 1. The molecule has 2 unspecified atom stereocenters. The molecule has 1 aliphatic rings. The summed E-state index contributed by atoms with van der Waals surface area (Å²) < 4.78 is 5.50. The highest BCUT2D eigenvalue weighted by Crippen LogP contribution is 2.44. The van der Waals surface area contributed by atoms with Crippen molar-refractivity contribution in [3.05, 3.63) is 59.7 Å². The van der Waals surface area contributed by atoms with Gasteiger partial charge in [-0.05, 0) is 34.6 Å². The molecule has 2 aromatic carbocycles. The van der Waals surface area contributed by atoms with Crippen LogP contribution < -0.4 is 5.32 Å². The molecule has 2 aromatic rings. The summed E-state index contributed by atoms with van der Waals surface area (Å²) in [5.41, 5.74) is 4.16. The lowest BCUT2D eigenvalue weighted by Gasteiger charge is -2.37. The lowest BCUT2D eigenvalue weighted by molar-refractivity contribution is -0.143. The van der Waals surface area contributed by atoms with Crippen LogP contribution in [0.5, 0.6) is 0 Å². The number of carboxylic acids is 1. The van der Waals surface area contributed by atoms with E-state index in [1.807, 2.05) is 76.2 Å². The number of rotatable bonds is 7. The number of hydrogen-bond acceptors (Lipinski definition) is 4. The Balaban J connectivity index is 1.70. The fourth-order valence-corrected chi connectivity index (χ4v) is 4.17. The minimum Gasteiger partial charge on any atom is -0.481 e.